The van der Waals surface area contributed by atoms with E-state index in [4.69, 9.17) is 0 Å². The van der Waals surface area contributed by atoms with Crippen LogP contribution >= 0.6 is 0 Å². The number of rotatable bonds is 4. The Kier molecular flexibility index (Phi) is 3.78. The van der Waals surface area contributed by atoms with Gasteiger partial charge in [-0.2, -0.15) is 0 Å². The van der Waals surface area contributed by atoms with Crippen molar-refractivity contribution in [3.05, 3.63) is 65.7 Å². The van der Waals surface area contributed by atoms with Crippen molar-refractivity contribution in [3.8, 4) is 5.75 Å². The quantitative estimate of drug-likeness (QED) is 0.844. The molecule has 2 nitrogen and oxygen atoms in total. The normalized spacial score (nSPS) is 12.3. The van der Waals surface area contributed by atoms with Crippen molar-refractivity contribution in [1.29, 1.82) is 0 Å². The zero-order chi connectivity index (χ0) is 12.1. The fourth-order valence-electron chi connectivity index (χ4n) is 1.96. The van der Waals surface area contributed by atoms with E-state index in [0.29, 0.717) is 12.2 Å². The number of hydrogen-bond acceptors (Lipinski definition) is 2. The number of aliphatic hydroxyl groups excluding tert-OH is 1. The predicted octanol–water partition coefficient (Wildman–Crippen LogP) is 2.71. The molecule has 0 radical (unpaired) electrons. The lowest BCUT2D eigenvalue weighted by Crippen LogP contribution is -2.07. The van der Waals surface area contributed by atoms with Gasteiger partial charge in [0.25, 0.3) is 0 Å². The first kappa shape index (κ1) is 11.7. The third kappa shape index (κ3) is 2.86. The van der Waals surface area contributed by atoms with Crippen molar-refractivity contribution >= 4 is 0 Å². The van der Waals surface area contributed by atoms with E-state index in [2.05, 4.69) is 0 Å². The number of aliphatic hydroxyl groups is 1. The molecule has 2 heteroatoms. The van der Waals surface area contributed by atoms with Crippen LogP contribution in [0.1, 0.15) is 17.0 Å². The maximum atomic E-state index is 9.72. The van der Waals surface area contributed by atoms with E-state index in [9.17, 15) is 10.2 Å². The minimum Gasteiger partial charge on any atom is -0.508 e. The van der Waals surface area contributed by atoms with Crippen LogP contribution < -0.4 is 0 Å². The predicted molar refractivity (Wildman–Crippen MR) is 68.1 cm³/mol. The molecule has 1 atom stereocenters. The van der Waals surface area contributed by atoms with Crippen LogP contribution in [0.4, 0.5) is 0 Å². The van der Waals surface area contributed by atoms with E-state index in [-0.39, 0.29) is 12.5 Å². The molecule has 17 heavy (non-hydrogen) atoms. The van der Waals surface area contributed by atoms with Gasteiger partial charge in [0.1, 0.15) is 5.75 Å². The maximum absolute atomic E-state index is 9.72. The Hall–Kier alpha value is -1.80. The summed E-state index contributed by atoms with van der Waals surface area (Å²) in [5.41, 5.74) is 1.97. The lowest BCUT2D eigenvalue weighted by molar-refractivity contribution is 0.263. The number of aromatic hydroxyl groups is 1. The summed E-state index contributed by atoms with van der Waals surface area (Å²) in [5.74, 6) is 0.325. The molecule has 2 aromatic carbocycles. The fraction of sp³-hybridized carbons (Fsp3) is 0.200. The second kappa shape index (κ2) is 5.51. The van der Waals surface area contributed by atoms with Gasteiger partial charge in [0, 0.05) is 5.92 Å². The molecule has 0 spiro atoms. The fourth-order valence-corrected chi connectivity index (χ4v) is 1.96. The summed E-state index contributed by atoms with van der Waals surface area (Å²) in [4.78, 5) is 0. The Labute approximate surface area is 101 Å². The number of phenolic OH excluding ortho intramolecular Hbond substituents is 1. The highest BCUT2D eigenvalue weighted by Crippen LogP contribution is 2.25. The average Bonchev–Trinajstić information content (AvgIpc) is 2.39. The van der Waals surface area contributed by atoms with Crippen LogP contribution in [0, 0.1) is 0 Å². The Balaban J connectivity index is 2.19. The van der Waals surface area contributed by atoms with Gasteiger partial charge in [0.15, 0.2) is 0 Å². The van der Waals surface area contributed by atoms with Crippen molar-refractivity contribution in [3.63, 3.8) is 0 Å². The molecule has 88 valence electrons. The molecule has 2 aromatic rings. The minimum absolute atomic E-state index is 0.0319. The highest BCUT2D eigenvalue weighted by Gasteiger charge is 2.12. The molecule has 0 fully saturated rings. The Bertz CT molecular complexity index is 465. The molecule has 0 amide bonds. The molecule has 0 aliphatic rings. The van der Waals surface area contributed by atoms with Crippen LogP contribution in [0.25, 0.3) is 0 Å². The van der Waals surface area contributed by atoms with E-state index in [1.807, 2.05) is 42.5 Å². The lowest BCUT2D eigenvalue weighted by atomic mass is 9.92. The summed E-state index contributed by atoms with van der Waals surface area (Å²) in [6.45, 7) is 0.0817. The van der Waals surface area contributed by atoms with Gasteiger partial charge in [-0.3, -0.25) is 0 Å². The van der Waals surface area contributed by atoms with Gasteiger partial charge in [0.2, 0.25) is 0 Å². The van der Waals surface area contributed by atoms with E-state index in [1.165, 1.54) is 0 Å². The molecule has 2 rings (SSSR count). The average molecular weight is 228 g/mol. The monoisotopic (exact) mass is 228 g/mol. The Morgan fingerprint density at radius 2 is 1.53 bits per heavy atom. The van der Waals surface area contributed by atoms with E-state index < -0.39 is 0 Å². The van der Waals surface area contributed by atoms with Gasteiger partial charge in [-0.15, -0.1) is 0 Å². The summed E-state index contributed by atoms with van der Waals surface area (Å²) in [6.07, 6.45) is 0.646. The van der Waals surface area contributed by atoms with Crippen LogP contribution in [0.5, 0.6) is 5.75 Å². The molecular formula is C15H16O2. The highest BCUT2D eigenvalue weighted by molar-refractivity contribution is 5.34. The smallest absolute Gasteiger partial charge is 0.118 e. The van der Waals surface area contributed by atoms with Crippen LogP contribution in [0.3, 0.4) is 0 Å². The number of hydrogen-bond donors (Lipinski definition) is 2. The third-order valence-electron chi connectivity index (χ3n) is 2.95. The first-order valence-corrected chi connectivity index (χ1v) is 5.74. The molecule has 0 aromatic heterocycles. The molecule has 0 saturated heterocycles. The van der Waals surface area contributed by atoms with Gasteiger partial charge in [-0.25, -0.2) is 0 Å². The zero-order valence-electron chi connectivity index (χ0n) is 9.58. The summed E-state index contributed by atoms with van der Waals surface area (Å²) in [7, 11) is 0. The second-order valence-corrected chi connectivity index (χ2v) is 4.12. The summed E-state index contributed by atoms with van der Waals surface area (Å²) in [6, 6.07) is 17.1. The summed E-state index contributed by atoms with van der Waals surface area (Å²) < 4.78 is 0. The van der Waals surface area contributed by atoms with Gasteiger partial charge in [0.05, 0.1) is 6.61 Å². The van der Waals surface area contributed by atoms with Gasteiger partial charge in [-0.1, -0.05) is 48.5 Å². The van der Waals surface area contributed by atoms with E-state index in [1.54, 1.807) is 12.1 Å². The molecule has 0 aliphatic carbocycles. The van der Waals surface area contributed by atoms with Crippen molar-refractivity contribution in [2.45, 2.75) is 12.3 Å². The molecule has 2 N–H and O–H groups in total. The van der Waals surface area contributed by atoms with Crippen LogP contribution in [-0.2, 0) is 6.42 Å². The SMILES string of the molecule is OCC(Cc1ccccc1O)c1ccccc1. The largest absolute Gasteiger partial charge is 0.508 e. The first-order valence-electron chi connectivity index (χ1n) is 5.74. The standard InChI is InChI=1S/C15H16O2/c16-11-14(12-6-2-1-3-7-12)10-13-8-4-5-9-15(13)17/h1-9,14,16-17H,10-11H2. The molecule has 0 saturated carbocycles. The Morgan fingerprint density at radius 3 is 2.18 bits per heavy atom. The van der Waals surface area contributed by atoms with Gasteiger partial charge >= 0.3 is 0 Å². The molecule has 0 bridgehead atoms. The van der Waals surface area contributed by atoms with E-state index >= 15 is 0 Å². The number of para-hydroxylation sites is 1. The first-order chi connectivity index (χ1) is 8.31. The van der Waals surface area contributed by atoms with Gasteiger partial charge < -0.3 is 10.2 Å². The second-order valence-electron chi connectivity index (χ2n) is 4.12. The van der Waals surface area contributed by atoms with Crippen molar-refractivity contribution < 1.29 is 10.2 Å². The van der Waals surface area contributed by atoms with Crippen LogP contribution in [-0.4, -0.2) is 16.8 Å². The van der Waals surface area contributed by atoms with Crippen molar-refractivity contribution in [2.24, 2.45) is 0 Å². The Morgan fingerprint density at radius 1 is 0.882 bits per heavy atom. The molecule has 0 aliphatic heterocycles. The van der Waals surface area contributed by atoms with Crippen LogP contribution in [0.15, 0.2) is 54.6 Å². The summed E-state index contributed by atoms with van der Waals surface area (Å²) in [5, 5.41) is 19.2. The highest BCUT2D eigenvalue weighted by atomic mass is 16.3. The summed E-state index contributed by atoms with van der Waals surface area (Å²) >= 11 is 0. The number of phenols is 1. The van der Waals surface area contributed by atoms with Crippen molar-refractivity contribution in [2.75, 3.05) is 6.61 Å². The maximum Gasteiger partial charge on any atom is 0.118 e. The lowest BCUT2D eigenvalue weighted by Gasteiger charge is -2.15. The molecule has 1 unspecified atom stereocenters. The molecular weight excluding hydrogens is 212 g/mol. The van der Waals surface area contributed by atoms with Gasteiger partial charge in [-0.05, 0) is 23.6 Å². The minimum atomic E-state index is 0.0319. The van der Waals surface area contributed by atoms with Crippen molar-refractivity contribution in [1.82, 2.24) is 0 Å². The number of benzene rings is 2. The van der Waals surface area contributed by atoms with Crippen LogP contribution in [0.2, 0.25) is 0 Å². The topological polar surface area (TPSA) is 40.5 Å². The van der Waals surface area contributed by atoms with E-state index in [0.717, 1.165) is 11.1 Å². The third-order valence-corrected chi connectivity index (χ3v) is 2.95. The molecule has 0 heterocycles. The zero-order valence-corrected chi connectivity index (χ0v) is 9.58.